The second-order valence-corrected chi connectivity index (χ2v) is 7.72. The van der Waals surface area contributed by atoms with E-state index in [0.29, 0.717) is 11.0 Å². The molecule has 118 valence electrons. The van der Waals surface area contributed by atoms with Crippen molar-refractivity contribution >= 4 is 0 Å². The van der Waals surface area contributed by atoms with E-state index in [1.165, 1.54) is 70.9 Å². The van der Waals surface area contributed by atoms with E-state index in [0.717, 1.165) is 6.54 Å². The third kappa shape index (κ3) is 3.55. The molecule has 0 bridgehead atoms. The Morgan fingerprint density at radius 3 is 2.00 bits per heavy atom. The molecule has 3 nitrogen and oxygen atoms in total. The maximum atomic E-state index is 6.11. The molecule has 0 aromatic carbocycles. The Morgan fingerprint density at radius 2 is 1.55 bits per heavy atom. The highest BCUT2D eigenvalue weighted by molar-refractivity contribution is 4.98. The maximum absolute atomic E-state index is 6.11. The summed E-state index contributed by atoms with van der Waals surface area (Å²) in [5.41, 5.74) is 7.02. The van der Waals surface area contributed by atoms with Gasteiger partial charge in [-0.15, -0.1) is 0 Å². The van der Waals surface area contributed by atoms with Crippen molar-refractivity contribution < 1.29 is 0 Å². The Bertz CT molecular complexity index is 291. The molecule has 0 amide bonds. The molecular formula is C17H35N3. The van der Waals surface area contributed by atoms with E-state index < -0.39 is 0 Å². The molecule has 0 aliphatic heterocycles. The number of nitrogens with zero attached hydrogens (tertiary/aromatic N) is 2. The lowest BCUT2D eigenvalue weighted by atomic mass is 9.71. The van der Waals surface area contributed by atoms with Crippen LogP contribution in [0.25, 0.3) is 0 Å². The van der Waals surface area contributed by atoms with Crippen molar-refractivity contribution in [2.24, 2.45) is 11.1 Å². The van der Waals surface area contributed by atoms with Crippen molar-refractivity contribution in [2.75, 3.05) is 40.8 Å². The predicted octanol–water partition coefficient (Wildman–Crippen LogP) is 2.70. The zero-order valence-electron chi connectivity index (χ0n) is 14.0. The van der Waals surface area contributed by atoms with E-state index in [1.807, 2.05) is 0 Å². The van der Waals surface area contributed by atoms with Crippen molar-refractivity contribution in [3.8, 4) is 0 Å². The number of hydrogen-bond acceptors (Lipinski definition) is 3. The maximum Gasteiger partial charge on any atom is 0.0330 e. The van der Waals surface area contributed by atoms with Crippen LogP contribution >= 0.6 is 0 Å². The van der Waals surface area contributed by atoms with Crippen LogP contribution in [-0.4, -0.2) is 56.1 Å². The van der Waals surface area contributed by atoms with E-state index in [4.69, 9.17) is 5.73 Å². The van der Waals surface area contributed by atoms with Gasteiger partial charge in [0.15, 0.2) is 0 Å². The Kier molecular flexibility index (Phi) is 5.49. The molecule has 3 heteroatoms. The summed E-state index contributed by atoms with van der Waals surface area (Å²) in [6, 6.07) is 0. The van der Waals surface area contributed by atoms with Gasteiger partial charge in [0.1, 0.15) is 0 Å². The molecule has 0 saturated heterocycles. The smallest absolute Gasteiger partial charge is 0.0330 e. The van der Waals surface area contributed by atoms with Gasteiger partial charge in [-0.05, 0) is 78.2 Å². The normalized spacial score (nSPS) is 24.9. The molecule has 0 unspecified atom stereocenters. The zero-order chi connectivity index (χ0) is 14.6. The largest absolute Gasteiger partial charge is 0.330 e. The molecule has 0 heterocycles. The van der Waals surface area contributed by atoms with Crippen molar-refractivity contribution in [2.45, 2.75) is 63.3 Å². The Hall–Kier alpha value is -0.120. The van der Waals surface area contributed by atoms with Gasteiger partial charge in [0.2, 0.25) is 0 Å². The van der Waals surface area contributed by atoms with E-state index in [9.17, 15) is 0 Å². The molecule has 20 heavy (non-hydrogen) atoms. The molecule has 2 aliphatic carbocycles. The summed E-state index contributed by atoms with van der Waals surface area (Å²) in [5, 5.41) is 0. The van der Waals surface area contributed by atoms with Gasteiger partial charge in [-0.2, -0.15) is 0 Å². The lowest BCUT2D eigenvalue weighted by molar-refractivity contribution is 0.0230. The second-order valence-electron chi connectivity index (χ2n) is 7.72. The monoisotopic (exact) mass is 281 g/mol. The Morgan fingerprint density at radius 1 is 0.900 bits per heavy atom. The molecule has 0 atom stereocenters. The molecule has 2 fully saturated rings. The van der Waals surface area contributed by atoms with Crippen LogP contribution in [0.1, 0.15) is 57.8 Å². The van der Waals surface area contributed by atoms with Gasteiger partial charge in [-0.3, -0.25) is 0 Å². The van der Waals surface area contributed by atoms with Gasteiger partial charge in [-0.25, -0.2) is 0 Å². The van der Waals surface area contributed by atoms with E-state index in [1.54, 1.807) is 0 Å². The Balaban J connectivity index is 1.80. The minimum atomic E-state index is 0.456. The van der Waals surface area contributed by atoms with Crippen LogP contribution in [0.5, 0.6) is 0 Å². The third-order valence-electron chi connectivity index (χ3n) is 6.17. The van der Waals surface area contributed by atoms with Crippen LogP contribution in [0.2, 0.25) is 0 Å². The predicted molar refractivity (Wildman–Crippen MR) is 87.0 cm³/mol. The summed E-state index contributed by atoms with van der Waals surface area (Å²) in [6.45, 7) is 3.33. The van der Waals surface area contributed by atoms with E-state index >= 15 is 0 Å². The number of likely N-dealkylation sites (N-methyl/N-ethyl adjacent to an activating group) is 2. The van der Waals surface area contributed by atoms with Crippen LogP contribution in [0.4, 0.5) is 0 Å². The summed E-state index contributed by atoms with van der Waals surface area (Å²) in [6.07, 6.45) is 12.3. The van der Waals surface area contributed by atoms with Crippen molar-refractivity contribution in [1.82, 2.24) is 9.80 Å². The minimum Gasteiger partial charge on any atom is -0.330 e. The average Bonchev–Trinajstić information content (AvgIpc) is 2.41. The highest BCUT2D eigenvalue weighted by atomic mass is 15.2. The molecule has 2 saturated carbocycles. The quantitative estimate of drug-likeness (QED) is 0.779. The first kappa shape index (κ1) is 16.3. The average molecular weight is 281 g/mol. The molecule has 0 radical (unpaired) electrons. The van der Waals surface area contributed by atoms with Gasteiger partial charge < -0.3 is 15.5 Å². The lowest BCUT2D eigenvalue weighted by Gasteiger charge is -2.49. The summed E-state index contributed by atoms with van der Waals surface area (Å²) >= 11 is 0. The molecular weight excluding hydrogens is 246 g/mol. The topological polar surface area (TPSA) is 32.5 Å². The third-order valence-corrected chi connectivity index (χ3v) is 6.17. The lowest BCUT2D eigenvalue weighted by Crippen LogP contribution is -2.57. The zero-order valence-corrected chi connectivity index (χ0v) is 14.0. The molecule has 0 spiro atoms. The fourth-order valence-corrected chi connectivity index (χ4v) is 4.20. The molecule has 2 N–H and O–H groups in total. The van der Waals surface area contributed by atoms with Crippen LogP contribution in [0.15, 0.2) is 0 Å². The van der Waals surface area contributed by atoms with Crippen molar-refractivity contribution in [3.63, 3.8) is 0 Å². The summed E-state index contributed by atoms with van der Waals surface area (Å²) in [7, 11) is 6.79. The Labute approximate surface area is 125 Å². The summed E-state index contributed by atoms with van der Waals surface area (Å²) < 4.78 is 0. The second kappa shape index (κ2) is 6.76. The molecule has 0 aromatic rings. The van der Waals surface area contributed by atoms with Crippen LogP contribution in [0, 0.1) is 5.41 Å². The molecule has 2 rings (SSSR count). The fourth-order valence-electron chi connectivity index (χ4n) is 4.20. The van der Waals surface area contributed by atoms with Gasteiger partial charge in [0, 0.05) is 12.1 Å². The standard InChI is InChI=1S/C17H35N3/c1-19(2)17(10-7-11-17)15-20(3)13-12-16(14-18)8-5-4-6-9-16/h4-15,18H2,1-3H3. The SMILES string of the molecule is CN(CCC1(CN)CCCCC1)CC1(N(C)C)CCC1. The van der Waals surface area contributed by atoms with Crippen LogP contribution < -0.4 is 5.73 Å². The first-order valence-electron chi connectivity index (χ1n) is 8.58. The number of hydrogen-bond donors (Lipinski definition) is 1. The number of nitrogens with two attached hydrogens (primary N) is 1. The molecule has 0 aromatic heterocycles. The van der Waals surface area contributed by atoms with Crippen molar-refractivity contribution in [1.29, 1.82) is 0 Å². The highest BCUT2D eigenvalue weighted by Crippen LogP contribution is 2.39. The van der Waals surface area contributed by atoms with Gasteiger partial charge in [0.25, 0.3) is 0 Å². The first-order chi connectivity index (χ1) is 9.52. The molecule has 2 aliphatic rings. The number of rotatable bonds is 7. The highest BCUT2D eigenvalue weighted by Gasteiger charge is 2.40. The fraction of sp³-hybridized carbons (Fsp3) is 1.00. The van der Waals surface area contributed by atoms with E-state index in [2.05, 4.69) is 30.9 Å². The first-order valence-corrected chi connectivity index (χ1v) is 8.58. The van der Waals surface area contributed by atoms with E-state index in [-0.39, 0.29) is 0 Å². The van der Waals surface area contributed by atoms with Crippen molar-refractivity contribution in [3.05, 3.63) is 0 Å². The van der Waals surface area contributed by atoms with Crippen LogP contribution in [-0.2, 0) is 0 Å². The summed E-state index contributed by atoms with van der Waals surface area (Å²) in [5.74, 6) is 0. The van der Waals surface area contributed by atoms with Crippen LogP contribution in [0.3, 0.4) is 0 Å². The summed E-state index contributed by atoms with van der Waals surface area (Å²) in [4.78, 5) is 5.01. The van der Waals surface area contributed by atoms with Gasteiger partial charge in [-0.1, -0.05) is 19.3 Å². The van der Waals surface area contributed by atoms with Gasteiger partial charge >= 0.3 is 0 Å². The minimum absolute atomic E-state index is 0.456. The van der Waals surface area contributed by atoms with Gasteiger partial charge in [0.05, 0.1) is 0 Å².